The first-order chi connectivity index (χ1) is 18.3. The molecule has 192 valence electrons. The maximum absolute atomic E-state index is 13.5. The summed E-state index contributed by atoms with van der Waals surface area (Å²) in [6, 6.07) is 21.9. The Balaban J connectivity index is 1.64. The van der Waals surface area contributed by atoms with Crippen LogP contribution in [0.4, 0.5) is 5.69 Å². The topological polar surface area (TPSA) is 79.3 Å². The van der Waals surface area contributed by atoms with E-state index < -0.39 is 5.92 Å². The fourth-order valence-electron chi connectivity index (χ4n) is 5.41. The minimum absolute atomic E-state index is 0.0711. The van der Waals surface area contributed by atoms with Crippen molar-refractivity contribution < 1.29 is 9.53 Å². The van der Waals surface area contributed by atoms with Crippen LogP contribution in [0.5, 0.6) is 5.75 Å². The summed E-state index contributed by atoms with van der Waals surface area (Å²) in [4.78, 5) is 15.4. The van der Waals surface area contributed by atoms with E-state index in [2.05, 4.69) is 40.8 Å². The quantitative estimate of drug-likeness (QED) is 0.295. The molecule has 1 aliphatic carbocycles. The van der Waals surface area contributed by atoms with Gasteiger partial charge in [0.05, 0.1) is 22.6 Å². The molecule has 2 N–H and O–H groups in total. The number of rotatable bonds is 5. The molecule has 0 saturated heterocycles. The van der Waals surface area contributed by atoms with Gasteiger partial charge in [0, 0.05) is 26.9 Å². The number of ether oxygens (including phenoxy) is 1. The highest BCUT2D eigenvalue weighted by Gasteiger charge is 2.41. The zero-order valence-corrected chi connectivity index (χ0v) is 24.1. The van der Waals surface area contributed by atoms with Crippen LogP contribution in [0.1, 0.15) is 47.4 Å². The van der Waals surface area contributed by atoms with E-state index in [0.29, 0.717) is 40.8 Å². The Bertz CT molecular complexity index is 1540. The van der Waals surface area contributed by atoms with Gasteiger partial charge < -0.3 is 10.5 Å². The Morgan fingerprint density at radius 1 is 1.13 bits per heavy atom. The van der Waals surface area contributed by atoms with Gasteiger partial charge >= 0.3 is 0 Å². The summed E-state index contributed by atoms with van der Waals surface area (Å²) in [5.74, 6) is 0.530. The molecule has 0 aromatic heterocycles. The molecular weight excluding hydrogens is 609 g/mol. The average Bonchev–Trinajstić information content (AvgIpc) is 2.90. The normalized spacial score (nSPS) is 17.4. The molecule has 0 bridgehead atoms. The van der Waals surface area contributed by atoms with E-state index in [1.807, 2.05) is 61.2 Å². The lowest BCUT2D eigenvalue weighted by molar-refractivity contribution is -0.116. The highest BCUT2D eigenvalue weighted by atomic mass is 127. The molecule has 0 amide bonds. The number of para-hydroxylation sites is 1. The number of carbonyl (C=O) groups excluding carboxylic acids is 1. The number of nitriles is 1. The minimum atomic E-state index is -0.526. The van der Waals surface area contributed by atoms with E-state index in [0.717, 1.165) is 50.1 Å². The minimum Gasteiger partial charge on any atom is -0.487 e. The van der Waals surface area contributed by atoms with Gasteiger partial charge in [-0.25, -0.2) is 0 Å². The number of halogens is 2. The number of nitrogens with zero attached hydrogens (tertiary/aromatic N) is 2. The van der Waals surface area contributed by atoms with Crippen LogP contribution in [0.2, 0.25) is 5.02 Å². The van der Waals surface area contributed by atoms with Crippen molar-refractivity contribution in [3.63, 3.8) is 0 Å². The first-order valence-electron chi connectivity index (χ1n) is 12.5. The Labute approximate surface area is 241 Å². The second-order valence-electron chi connectivity index (χ2n) is 9.65. The van der Waals surface area contributed by atoms with E-state index in [4.69, 9.17) is 22.1 Å². The lowest BCUT2D eigenvalue weighted by Crippen LogP contribution is -2.39. The molecule has 1 heterocycles. The van der Waals surface area contributed by atoms with Crippen molar-refractivity contribution in [1.82, 2.24) is 0 Å². The molecule has 38 heavy (non-hydrogen) atoms. The molecule has 1 atom stereocenters. The van der Waals surface area contributed by atoms with Gasteiger partial charge in [-0.2, -0.15) is 5.26 Å². The second kappa shape index (κ2) is 10.8. The van der Waals surface area contributed by atoms with Crippen LogP contribution in [-0.4, -0.2) is 5.78 Å². The SMILES string of the molecule is Cc1cc(COc2ccccc2Cl)c(C)c(C2C(C#N)=C(N)N(c3ccc(I)cc3)C3=C2C(=O)CCC3)c1. The van der Waals surface area contributed by atoms with Crippen LogP contribution in [0.15, 0.2) is 83.3 Å². The zero-order valence-electron chi connectivity index (χ0n) is 21.2. The molecule has 3 aromatic rings. The summed E-state index contributed by atoms with van der Waals surface area (Å²) in [6.07, 6.45) is 1.93. The Morgan fingerprint density at radius 3 is 2.58 bits per heavy atom. The lowest BCUT2D eigenvalue weighted by Gasteiger charge is -2.40. The van der Waals surface area contributed by atoms with Crippen molar-refractivity contribution in [2.45, 2.75) is 45.6 Å². The number of aryl methyl sites for hydroxylation is 1. The Morgan fingerprint density at radius 2 is 1.87 bits per heavy atom. The summed E-state index contributed by atoms with van der Waals surface area (Å²) in [7, 11) is 0. The molecule has 0 fully saturated rings. The van der Waals surface area contributed by atoms with Crippen LogP contribution in [-0.2, 0) is 11.4 Å². The van der Waals surface area contributed by atoms with Crippen molar-refractivity contribution in [3.8, 4) is 11.8 Å². The number of nitrogens with two attached hydrogens (primary N) is 1. The molecule has 5 rings (SSSR count). The number of hydrogen-bond acceptors (Lipinski definition) is 5. The van der Waals surface area contributed by atoms with Gasteiger partial charge in [-0.15, -0.1) is 0 Å². The average molecular weight is 636 g/mol. The third-order valence-corrected chi connectivity index (χ3v) is 8.26. The van der Waals surface area contributed by atoms with Crippen LogP contribution in [0, 0.1) is 28.7 Å². The molecule has 7 heteroatoms. The number of benzene rings is 3. The van der Waals surface area contributed by atoms with Crippen molar-refractivity contribution in [3.05, 3.63) is 114 Å². The predicted molar refractivity (Wildman–Crippen MR) is 159 cm³/mol. The summed E-state index contributed by atoms with van der Waals surface area (Å²) in [5, 5.41) is 10.9. The molecule has 3 aromatic carbocycles. The van der Waals surface area contributed by atoms with E-state index in [-0.39, 0.29) is 5.78 Å². The number of ketones is 1. The van der Waals surface area contributed by atoms with Gasteiger partial charge in [-0.3, -0.25) is 9.69 Å². The fourth-order valence-corrected chi connectivity index (χ4v) is 5.96. The highest BCUT2D eigenvalue weighted by molar-refractivity contribution is 14.1. The third kappa shape index (κ3) is 4.81. The summed E-state index contributed by atoms with van der Waals surface area (Å²) in [6.45, 7) is 4.34. The summed E-state index contributed by atoms with van der Waals surface area (Å²) >= 11 is 8.56. The van der Waals surface area contributed by atoms with Crippen molar-refractivity contribution in [1.29, 1.82) is 5.26 Å². The van der Waals surface area contributed by atoms with E-state index in [1.165, 1.54) is 0 Å². The molecule has 5 nitrogen and oxygen atoms in total. The lowest BCUT2D eigenvalue weighted by atomic mass is 9.73. The van der Waals surface area contributed by atoms with Crippen LogP contribution >= 0.6 is 34.2 Å². The number of anilines is 1. The smallest absolute Gasteiger partial charge is 0.161 e. The molecular formula is C31H27ClIN3O2. The fraction of sp³-hybridized carbons (Fsp3) is 0.226. The number of allylic oxidation sites excluding steroid dienone is 3. The zero-order chi connectivity index (χ0) is 27.0. The second-order valence-corrected chi connectivity index (χ2v) is 11.3. The van der Waals surface area contributed by atoms with Gasteiger partial charge in [0.25, 0.3) is 0 Å². The molecule has 1 aliphatic heterocycles. The van der Waals surface area contributed by atoms with Crippen LogP contribution in [0.3, 0.4) is 0 Å². The maximum atomic E-state index is 13.5. The van der Waals surface area contributed by atoms with Gasteiger partial charge in [0.2, 0.25) is 0 Å². The van der Waals surface area contributed by atoms with Gasteiger partial charge in [-0.05, 0) is 102 Å². The van der Waals surface area contributed by atoms with Crippen LogP contribution in [0.25, 0.3) is 0 Å². The summed E-state index contributed by atoms with van der Waals surface area (Å²) in [5.41, 5.74) is 13.4. The Hall–Kier alpha value is -3.28. The van der Waals surface area contributed by atoms with Crippen LogP contribution < -0.4 is 15.4 Å². The molecule has 0 spiro atoms. The number of carbonyl (C=O) groups is 1. The largest absolute Gasteiger partial charge is 0.487 e. The number of hydrogen-bond donors (Lipinski definition) is 1. The van der Waals surface area contributed by atoms with Gasteiger partial charge in [0.1, 0.15) is 18.2 Å². The highest BCUT2D eigenvalue weighted by Crippen LogP contribution is 2.47. The molecule has 1 unspecified atom stereocenters. The standard InChI is InChI=1S/C31H27ClIN3O2/c1-18-14-20(17-38-28-9-4-3-6-25(28)32)19(2)23(15-18)29-24(16-34)31(35)36(22-12-10-21(33)11-13-22)26-7-5-8-27(37)30(26)29/h3-4,6,9-15,29H,5,7-8,17,35H2,1-2H3. The van der Waals surface area contributed by atoms with Gasteiger partial charge in [0.15, 0.2) is 5.78 Å². The van der Waals surface area contributed by atoms with E-state index >= 15 is 0 Å². The Kier molecular flexibility index (Phi) is 7.51. The van der Waals surface area contributed by atoms with Crippen molar-refractivity contribution in [2.75, 3.05) is 4.90 Å². The van der Waals surface area contributed by atoms with Gasteiger partial charge in [-0.1, -0.05) is 41.4 Å². The predicted octanol–water partition coefficient (Wildman–Crippen LogP) is 7.45. The molecule has 2 aliphatic rings. The summed E-state index contributed by atoms with van der Waals surface area (Å²) < 4.78 is 7.16. The maximum Gasteiger partial charge on any atom is 0.161 e. The first-order valence-corrected chi connectivity index (χ1v) is 13.9. The molecule has 0 saturated carbocycles. The van der Waals surface area contributed by atoms with Crippen molar-refractivity contribution >= 4 is 45.7 Å². The van der Waals surface area contributed by atoms with E-state index in [1.54, 1.807) is 6.07 Å². The molecule has 0 radical (unpaired) electrons. The monoisotopic (exact) mass is 635 g/mol. The van der Waals surface area contributed by atoms with E-state index in [9.17, 15) is 10.1 Å². The van der Waals surface area contributed by atoms with Crippen molar-refractivity contribution in [2.24, 2.45) is 5.73 Å². The first kappa shape index (κ1) is 26.3. The third-order valence-electron chi connectivity index (χ3n) is 7.23. The number of Topliss-reactive ketones (excluding diaryl/α,β-unsaturated/α-hetero) is 1.